The van der Waals surface area contributed by atoms with E-state index in [0.29, 0.717) is 22.6 Å². The molecule has 38 heavy (non-hydrogen) atoms. The number of hydrogen-bond acceptors (Lipinski definition) is 5. The third-order valence-corrected chi connectivity index (χ3v) is 6.63. The van der Waals surface area contributed by atoms with Gasteiger partial charge in [0.15, 0.2) is 17.1 Å². The first-order valence-corrected chi connectivity index (χ1v) is 13.0. The number of aromatic nitrogens is 3. The zero-order valence-electron chi connectivity index (χ0n) is 21.1. The van der Waals surface area contributed by atoms with E-state index in [1.165, 1.54) is 17.7 Å². The molecule has 4 aromatic rings. The molecule has 0 saturated carbocycles. The molecule has 1 heterocycles. The fourth-order valence-corrected chi connectivity index (χ4v) is 4.51. The Labute approximate surface area is 223 Å². The average molecular weight is 541 g/mol. The van der Waals surface area contributed by atoms with Crippen LogP contribution >= 0.6 is 11.8 Å². The summed E-state index contributed by atoms with van der Waals surface area (Å²) in [6.45, 7) is 6.12. The van der Waals surface area contributed by atoms with Crippen molar-refractivity contribution in [3.8, 4) is 11.4 Å². The number of anilines is 1. The Morgan fingerprint density at radius 2 is 1.68 bits per heavy atom. The lowest BCUT2D eigenvalue weighted by molar-refractivity contribution is -0.137. The van der Waals surface area contributed by atoms with Gasteiger partial charge in [-0.2, -0.15) is 13.2 Å². The van der Waals surface area contributed by atoms with E-state index in [9.17, 15) is 18.0 Å². The zero-order chi connectivity index (χ0) is 27.3. The molecule has 0 spiro atoms. The third-order valence-electron chi connectivity index (χ3n) is 5.70. The Morgan fingerprint density at radius 1 is 0.974 bits per heavy atom. The number of carbonyl (C=O) groups excluding carboxylic acids is 1. The first-order chi connectivity index (χ1) is 18.1. The minimum atomic E-state index is -4.49. The number of nitrogens with one attached hydrogen (secondary N) is 1. The number of amides is 1. The molecule has 1 aromatic heterocycles. The molecule has 0 aliphatic carbocycles. The van der Waals surface area contributed by atoms with Crippen molar-refractivity contribution in [1.82, 2.24) is 14.8 Å². The standard InChI is InChI=1S/C28H27F3N4O2S/c1-18(2)20-12-14-24(15-13-20)37-19(3)26-33-34-27(35(26)23-10-5-4-6-11-23)38-17-25(36)32-22-9-7-8-21(16-22)28(29,30)31/h4-16,18-19H,17H2,1-3H3,(H,32,36). The van der Waals surface area contributed by atoms with Crippen LogP contribution in [0.2, 0.25) is 0 Å². The van der Waals surface area contributed by atoms with E-state index in [4.69, 9.17) is 4.74 Å². The molecule has 0 aliphatic heterocycles. The molecule has 6 nitrogen and oxygen atoms in total. The number of halogens is 3. The fourth-order valence-electron chi connectivity index (χ4n) is 3.75. The predicted molar refractivity (Wildman–Crippen MR) is 142 cm³/mol. The Bertz CT molecular complexity index is 1370. The number of carbonyl (C=O) groups is 1. The lowest BCUT2D eigenvalue weighted by atomic mass is 10.0. The van der Waals surface area contributed by atoms with Crippen molar-refractivity contribution in [2.24, 2.45) is 0 Å². The smallest absolute Gasteiger partial charge is 0.416 e. The predicted octanol–water partition coefficient (Wildman–Crippen LogP) is 7.28. The quantitative estimate of drug-likeness (QED) is 0.226. The number of thioether (sulfide) groups is 1. The SMILES string of the molecule is CC(C)c1ccc(OC(C)c2nnc(SCC(=O)Nc3cccc(C(F)(F)F)c3)n2-c2ccccc2)cc1. The van der Waals surface area contributed by atoms with E-state index in [0.717, 1.165) is 29.6 Å². The lowest BCUT2D eigenvalue weighted by Gasteiger charge is -2.17. The highest BCUT2D eigenvalue weighted by molar-refractivity contribution is 7.99. The van der Waals surface area contributed by atoms with Gasteiger partial charge < -0.3 is 10.1 Å². The third kappa shape index (κ3) is 6.74. The molecule has 1 atom stereocenters. The maximum atomic E-state index is 13.0. The number of ether oxygens (including phenoxy) is 1. The molecule has 3 aromatic carbocycles. The van der Waals surface area contributed by atoms with Crippen molar-refractivity contribution in [1.29, 1.82) is 0 Å². The van der Waals surface area contributed by atoms with E-state index in [1.54, 1.807) is 0 Å². The topological polar surface area (TPSA) is 69.0 Å². The largest absolute Gasteiger partial charge is 0.483 e. The molecule has 0 fully saturated rings. The first kappa shape index (κ1) is 27.3. The average Bonchev–Trinajstić information content (AvgIpc) is 3.32. The summed E-state index contributed by atoms with van der Waals surface area (Å²) in [5, 5.41) is 11.6. The molecule has 0 bridgehead atoms. The normalized spacial score (nSPS) is 12.4. The van der Waals surface area contributed by atoms with Crippen molar-refractivity contribution in [3.63, 3.8) is 0 Å². The summed E-state index contributed by atoms with van der Waals surface area (Å²) in [5.41, 5.74) is 1.24. The lowest BCUT2D eigenvalue weighted by Crippen LogP contribution is -2.16. The van der Waals surface area contributed by atoms with Gasteiger partial charge in [0.1, 0.15) is 5.75 Å². The molecule has 1 N–H and O–H groups in total. The highest BCUT2D eigenvalue weighted by atomic mass is 32.2. The number of benzene rings is 3. The van der Waals surface area contributed by atoms with Gasteiger partial charge in [-0.3, -0.25) is 9.36 Å². The molecule has 198 valence electrons. The maximum absolute atomic E-state index is 13.0. The molecule has 4 rings (SSSR count). The van der Waals surface area contributed by atoms with Gasteiger partial charge in [0.2, 0.25) is 5.91 Å². The summed E-state index contributed by atoms with van der Waals surface area (Å²) >= 11 is 1.13. The van der Waals surface area contributed by atoms with Crippen LogP contribution in [0.15, 0.2) is 84.0 Å². The van der Waals surface area contributed by atoms with Crippen molar-refractivity contribution in [2.45, 2.75) is 44.1 Å². The van der Waals surface area contributed by atoms with Crippen molar-refractivity contribution < 1.29 is 22.7 Å². The Balaban J connectivity index is 1.50. The van der Waals surface area contributed by atoms with Crippen molar-refractivity contribution in [3.05, 3.63) is 95.8 Å². The first-order valence-electron chi connectivity index (χ1n) is 12.0. The molecule has 0 radical (unpaired) electrons. The van der Waals surface area contributed by atoms with Crippen LogP contribution in [-0.4, -0.2) is 26.4 Å². The molecular formula is C28H27F3N4O2S. The van der Waals surface area contributed by atoms with E-state index in [2.05, 4.69) is 29.4 Å². The van der Waals surface area contributed by atoms with Gasteiger partial charge in [-0.15, -0.1) is 10.2 Å². The van der Waals surface area contributed by atoms with Crippen LogP contribution in [0.5, 0.6) is 5.75 Å². The number of nitrogens with zero attached hydrogens (tertiary/aromatic N) is 3. The van der Waals surface area contributed by atoms with Crippen LogP contribution in [0.25, 0.3) is 5.69 Å². The zero-order valence-corrected chi connectivity index (χ0v) is 21.9. The van der Waals surface area contributed by atoms with Crippen molar-refractivity contribution in [2.75, 3.05) is 11.1 Å². The summed E-state index contributed by atoms with van der Waals surface area (Å²) in [6.07, 6.45) is -4.95. The fraction of sp³-hybridized carbons (Fsp3) is 0.250. The van der Waals surface area contributed by atoms with E-state index in [1.807, 2.05) is 66.1 Å². The van der Waals surface area contributed by atoms with Gasteiger partial charge >= 0.3 is 6.18 Å². The number of para-hydroxylation sites is 1. The van der Waals surface area contributed by atoms with E-state index in [-0.39, 0.29) is 11.4 Å². The number of alkyl halides is 3. The monoisotopic (exact) mass is 540 g/mol. The summed E-state index contributed by atoms with van der Waals surface area (Å²) < 4.78 is 46.9. The van der Waals surface area contributed by atoms with Crippen LogP contribution in [0.4, 0.5) is 18.9 Å². The molecule has 1 amide bonds. The molecular weight excluding hydrogens is 513 g/mol. The van der Waals surface area contributed by atoms with E-state index < -0.39 is 23.8 Å². The molecule has 0 saturated heterocycles. The van der Waals surface area contributed by atoms with Gasteiger partial charge in [0.25, 0.3) is 0 Å². The van der Waals surface area contributed by atoms with Crippen LogP contribution in [0, 0.1) is 0 Å². The summed E-state index contributed by atoms with van der Waals surface area (Å²) in [7, 11) is 0. The van der Waals surface area contributed by atoms with Crippen LogP contribution in [0.1, 0.15) is 49.7 Å². The second kappa shape index (κ2) is 11.7. The van der Waals surface area contributed by atoms with Gasteiger partial charge in [-0.05, 0) is 60.9 Å². The van der Waals surface area contributed by atoms with Crippen LogP contribution < -0.4 is 10.1 Å². The second-order valence-electron chi connectivity index (χ2n) is 8.91. The Morgan fingerprint density at radius 3 is 2.34 bits per heavy atom. The van der Waals surface area contributed by atoms with Crippen LogP contribution in [0.3, 0.4) is 0 Å². The van der Waals surface area contributed by atoms with Gasteiger partial charge in [0.05, 0.1) is 11.3 Å². The summed E-state index contributed by atoms with van der Waals surface area (Å²) in [6, 6.07) is 21.8. The van der Waals surface area contributed by atoms with Gasteiger partial charge in [-0.25, -0.2) is 0 Å². The molecule has 1 unspecified atom stereocenters. The van der Waals surface area contributed by atoms with Gasteiger partial charge in [0, 0.05) is 11.4 Å². The maximum Gasteiger partial charge on any atom is 0.416 e. The minimum Gasteiger partial charge on any atom is -0.483 e. The highest BCUT2D eigenvalue weighted by Crippen LogP contribution is 2.31. The van der Waals surface area contributed by atoms with Crippen molar-refractivity contribution >= 4 is 23.4 Å². The molecule has 0 aliphatic rings. The second-order valence-corrected chi connectivity index (χ2v) is 9.85. The van der Waals surface area contributed by atoms with Crippen LogP contribution in [-0.2, 0) is 11.0 Å². The minimum absolute atomic E-state index is 0.0705. The highest BCUT2D eigenvalue weighted by Gasteiger charge is 2.30. The summed E-state index contributed by atoms with van der Waals surface area (Å²) in [5.74, 6) is 1.11. The number of hydrogen-bond donors (Lipinski definition) is 1. The summed E-state index contributed by atoms with van der Waals surface area (Å²) in [4.78, 5) is 12.6. The molecule has 10 heteroatoms. The number of rotatable bonds is 9. The van der Waals surface area contributed by atoms with E-state index >= 15 is 0 Å². The Hall–Kier alpha value is -3.79. The van der Waals surface area contributed by atoms with Gasteiger partial charge in [-0.1, -0.05) is 62.0 Å². The Kier molecular flexibility index (Phi) is 8.41.